The topological polar surface area (TPSA) is 16.3 Å². The zero-order valence-electron chi connectivity index (χ0n) is 51.1. The second-order valence-electron chi connectivity index (χ2n) is 28.5. The van der Waals surface area contributed by atoms with Crippen LogP contribution in [0.15, 0.2) is 122 Å². The van der Waals surface area contributed by atoms with E-state index in [1.165, 1.54) is 127 Å². The monoisotopic (exact) mass is 1230 g/mol. The van der Waals surface area contributed by atoms with Crippen molar-refractivity contribution >= 4 is 78.1 Å². The van der Waals surface area contributed by atoms with E-state index in [1.54, 1.807) is 0 Å². The normalized spacial score (nSPS) is 14.3. The molecule has 1 radical (unpaired) electrons. The van der Waals surface area contributed by atoms with Crippen LogP contribution in [-0.2, 0) is 44.0 Å². The quantitative estimate of drug-likeness (QED) is 0.122. The van der Waals surface area contributed by atoms with Gasteiger partial charge in [0.05, 0.1) is 0 Å². The number of nitrogens with zero attached hydrogens (tertiary/aromatic N) is 4. The maximum Gasteiger partial charge on any atom is 0.226 e. The third-order valence-electron chi connectivity index (χ3n) is 17.5. The van der Waals surface area contributed by atoms with Crippen LogP contribution in [0.2, 0.25) is 0 Å². The Hall–Kier alpha value is -5.71. The molecular formula is C73H85AuBN4-2. The molecule has 0 saturated heterocycles. The van der Waals surface area contributed by atoms with Gasteiger partial charge < -0.3 is 18.9 Å². The molecule has 0 bridgehead atoms. The summed E-state index contributed by atoms with van der Waals surface area (Å²) < 4.78 is 5.15. The van der Waals surface area contributed by atoms with Crippen molar-refractivity contribution in [1.29, 1.82) is 0 Å². The van der Waals surface area contributed by atoms with E-state index in [4.69, 9.17) is 0 Å². The number of rotatable bonds is 6. The van der Waals surface area contributed by atoms with E-state index in [2.05, 4.69) is 292 Å². The maximum absolute atomic E-state index is 3.65. The molecule has 12 rings (SSSR count). The minimum absolute atomic E-state index is 0. The Morgan fingerprint density at radius 3 is 1.06 bits per heavy atom. The zero-order valence-corrected chi connectivity index (χ0v) is 53.3. The summed E-state index contributed by atoms with van der Waals surface area (Å²) in [6.07, 6.45) is 4.43. The average molecular weight is 1230 g/mol. The molecule has 0 saturated carbocycles. The van der Waals surface area contributed by atoms with E-state index in [1.807, 2.05) is 0 Å². The smallest absolute Gasteiger partial charge is 0.226 e. The number of benzene rings is 7. The first-order valence-electron chi connectivity index (χ1n) is 29.2. The molecule has 4 nitrogen and oxygen atoms in total. The van der Waals surface area contributed by atoms with Crippen LogP contribution in [0, 0.1) is 12.7 Å². The molecule has 3 aliphatic rings. The summed E-state index contributed by atoms with van der Waals surface area (Å²) in [4.78, 5) is 4.65. The minimum Gasteiger partial charge on any atom is -0.479 e. The molecule has 0 fully saturated rings. The Labute approximate surface area is 490 Å². The van der Waals surface area contributed by atoms with Crippen molar-refractivity contribution < 1.29 is 22.4 Å². The average Bonchev–Trinajstić information content (AvgIpc) is 4.05. The van der Waals surface area contributed by atoms with Crippen LogP contribution >= 0.6 is 0 Å². The molecule has 0 spiro atoms. The molecule has 79 heavy (non-hydrogen) atoms. The van der Waals surface area contributed by atoms with Gasteiger partial charge in [0.1, 0.15) is 0 Å². The number of fused-ring (bicyclic) bond motifs is 10. The summed E-state index contributed by atoms with van der Waals surface area (Å²) in [6, 6.07) is 46.2. The van der Waals surface area contributed by atoms with Crippen molar-refractivity contribution in [2.45, 2.75) is 184 Å². The predicted octanol–water partition coefficient (Wildman–Crippen LogP) is 18.1. The minimum atomic E-state index is 0. The Kier molecular flexibility index (Phi) is 14.2. The van der Waals surface area contributed by atoms with Crippen molar-refractivity contribution in [1.82, 2.24) is 9.13 Å². The van der Waals surface area contributed by atoms with Gasteiger partial charge in [-0.25, -0.2) is 0 Å². The Morgan fingerprint density at radius 1 is 0.418 bits per heavy atom. The number of hydrogen-bond donors (Lipinski definition) is 0. The maximum atomic E-state index is 3.65. The first kappa shape index (κ1) is 56.6. The second-order valence-corrected chi connectivity index (χ2v) is 28.5. The standard InChI is InChI=1S/C46H48BN2.C27H37N2.Au/c1-43(2,3)26-16-18-36-30(20-26)32-22-28(45(7,8)9)24-34-41(32)48(36)38-14-13-15-39-40(38)47(34)35-25-29(46(10,11)12)23-33-31-21-27(44(4,5)6)17-19-37(31)49(39)42(33)35;1-18(2)22-11-9-12-23(19(3)4)26(22)28-15-16-29(17-28)27-24(20(5)6)13-10-14-25(27)21(7)8;/h14-25H,1-12H3;9-21H,1-8H3;/q2*-1;. The number of para-hydroxylation sites is 2. The fourth-order valence-corrected chi connectivity index (χ4v) is 13.0. The molecule has 9 aromatic rings. The Bertz CT molecular complexity index is 3600. The molecule has 0 N–H and O–H groups in total. The van der Waals surface area contributed by atoms with Crippen LogP contribution < -0.4 is 26.2 Å². The molecule has 5 heterocycles. The van der Waals surface area contributed by atoms with Crippen molar-refractivity contribution in [2.24, 2.45) is 0 Å². The molecule has 0 unspecified atom stereocenters. The van der Waals surface area contributed by atoms with Gasteiger partial charge in [-0.05, 0) is 150 Å². The van der Waals surface area contributed by atoms with Gasteiger partial charge >= 0.3 is 0 Å². The molecule has 3 aliphatic heterocycles. The molecule has 2 aromatic heterocycles. The first-order valence-corrected chi connectivity index (χ1v) is 29.2. The van der Waals surface area contributed by atoms with E-state index in [-0.39, 0.29) is 50.8 Å². The van der Waals surface area contributed by atoms with Gasteiger partial charge in [0.15, 0.2) is 0 Å². The fourth-order valence-electron chi connectivity index (χ4n) is 13.0. The number of anilines is 2. The summed E-state index contributed by atoms with van der Waals surface area (Å²) >= 11 is 0. The van der Waals surface area contributed by atoms with Crippen molar-refractivity contribution in [2.75, 3.05) is 9.80 Å². The number of hydrogen-bond acceptors (Lipinski definition) is 2. The van der Waals surface area contributed by atoms with Crippen molar-refractivity contribution in [3.05, 3.63) is 179 Å². The molecule has 0 aliphatic carbocycles. The van der Waals surface area contributed by atoms with Crippen LogP contribution in [0.1, 0.15) is 207 Å². The van der Waals surface area contributed by atoms with Gasteiger partial charge in [-0.15, -0.1) is 12.1 Å². The third kappa shape index (κ3) is 9.36. The zero-order chi connectivity index (χ0) is 56.0. The van der Waals surface area contributed by atoms with Gasteiger partial charge in [0.2, 0.25) is 6.71 Å². The molecule has 413 valence electrons. The van der Waals surface area contributed by atoms with Crippen molar-refractivity contribution in [3.8, 4) is 11.4 Å². The second kappa shape index (κ2) is 19.8. The summed E-state index contributed by atoms with van der Waals surface area (Å²) in [7, 11) is 0. The molecule has 0 atom stereocenters. The van der Waals surface area contributed by atoms with Crippen LogP contribution in [-0.4, -0.2) is 15.8 Å². The van der Waals surface area contributed by atoms with Crippen LogP contribution in [0.4, 0.5) is 11.4 Å². The van der Waals surface area contributed by atoms with E-state index >= 15 is 0 Å². The Morgan fingerprint density at radius 2 is 0.747 bits per heavy atom. The van der Waals surface area contributed by atoms with E-state index < -0.39 is 0 Å². The largest absolute Gasteiger partial charge is 0.479 e. The summed E-state index contributed by atoms with van der Waals surface area (Å²) in [5.41, 5.74) is 26.0. The fraction of sp³-hybridized carbons (Fsp3) is 0.384. The van der Waals surface area contributed by atoms with E-state index in [0.717, 1.165) is 0 Å². The summed E-state index contributed by atoms with van der Waals surface area (Å²) in [5, 5.41) is 5.42. The number of aromatic nitrogens is 2. The molecule has 0 amide bonds. The van der Waals surface area contributed by atoms with E-state index in [9.17, 15) is 0 Å². The summed E-state index contributed by atoms with van der Waals surface area (Å²) in [5.74, 6) is 1.92. The van der Waals surface area contributed by atoms with Crippen LogP contribution in [0.5, 0.6) is 0 Å². The first-order chi connectivity index (χ1) is 36.6. The van der Waals surface area contributed by atoms with Gasteiger partial charge in [0, 0.05) is 77.4 Å². The van der Waals surface area contributed by atoms with Crippen LogP contribution in [0.3, 0.4) is 0 Å². The Balaban J connectivity index is 0.000000202. The molecule has 6 heteroatoms. The van der Waals surface area contributed by atoms with Gasteiger partial charge in [-0.1, -0.05) is 211 Å². The van der Waals surface area contributed by atoms with Gasteiger partial charge in [0.25, 0.3) is 0 Å². The van der Waals surface area contributed by atoms with Crippen LogP contribution in [0.25, 0.3) is 55.0 Å². The van der Waals surface area contributed by atoms with Gasteiger partial charge in [-0.3, -0.25) is 0 Å². The van der Waals surface area contributed by atoms with Gasteiger partial charge in [-0.2, -0.15) is 18.2 Å². The van der Waals surface area contributed by atoms with Crippen molar-refractivity contribution in [3.63, 3.8) is 0 Å². The molecule has 7 aromatic carbocycles. The predicted molar refractivity (Wildman–Crippen MR) is 341 cm³/mol. The van der Waals surface area contributed by atoms with E-state index in [0.29, 0.717) is 23.7 Å². The molecular weight excluding hydrogens is 1140 g/mol. The third-order valence-corrected chi connectivity index (χ3v) is 17.5. The SMILES string of the molecule is CC(C)(C)c1ccc2c(c1)c1cc(C(C)(C)C)cc3c1n2-c1c[c-]cc2c1B3c1cc(C(C)(C)C)cc3c4cc(C(C)(C)C)ccc4n-2c13.CC(C)c1cccc(C(C)C)c1N1C=CN(c2c(C(C)C)cccc2C(C)C)[CH-]1.[Au]. The summed E-state index contributed by atoms with van der Waals surface area (Å²) in [6.45, 7) is 48.8.